The Bertz CT molecular complexity index is 249. The molecule has 0 spiro atoms. The number of amides is 1. The topological polar surface area (TPSA) is 58.4 Å². The van der Waals surface area contributed by atoms with Crippen LogP contribution in [0, 0.1) is 0 Å². The van der Waals surface area contributed by atoms with E-state index < -0.39 is 0 Å². The standard InChI is InChI=1S/C15H31N3O.2ClH/c1-18(14-8-5-6-9-14)13-12-17-15(19)10-4-2-3-7-11-16;;/h14H,2-13,16H2,1H3,(H,17,19);2*1H. The molecule has 0 saturated heterocycles. The van der Waals surface area contributed by atoms with E-state index in [1.54, 1.807) is 0 Å². The number of carbonyl (C=O) groups excluding carboxylic acids is 1. The van der Waals surface area contributed by atoms with Crippen molar-refractivity contribution in [1.82, 2.24) is 10.2 Å². The Morgan fingerprint density at radius 2 is 1.76 bits per heavy atom. The quantitative estimate of drug-likeness (QED) is 0.600. The second-order valence-electron chi connectivity index (χ2n) is 5.72. The molecule has 0 unspecified atom stereocenters. The summed E-state index contributed by atoms with van der Waals surface area (Å²) in [5.41, 5.74) is 5.43. The highest BCUT2D eigenvalue weighted by molar-refractivity contribution is 5.85. The third kappa shape index (κ3) is 11.2. The lowest BCUT2D eigenvalue weighted by Crippen LogP contribution is -2.37. The Balaban J connectivity index is 0. The van der Waals surface area contributed by atoms with E-state index in [1.807, 2.05) is 0 Å². The van der Waals surface area contributed by atoms with Gasteiger partial charge in [0.2, 0.25) is 5.91 Å². The first-order chi connectivity index (χ1) is 9.24. The molecule has 0 aromatic heterocycles. The largest absolute Gasteiger partial charge is 0.355 e. The van der Waals surface area contributed by atoms with Crippen LogP contribution < -0.4 is 11.1 Å². The van der Waals surface area contributed by atoms with Gasteiger partial charge in [0.15, 0.2) is 0 Å². The molecule has 1 fully saturated rings. The van der Waals surface area contributed by atoms with Crippen LogP contribution in [0.15, 0.2) is 0 Å². The number of hydrogen-bond acceptors (Lipinski definition) is 3. The smallest absolute Gasteiger partial charge is 0.220 e. The SMILES string of the molecule is CN(CCNC(=O)CCCCCCN)C1CCCC1.Cl.Cl. The van der Waals surface area contributed by atoms with Gasteiger partial charge in [-0.15, -0.1) is 24.8 Å². The molecule has 3 N–H and O–H groups in total. The number of nitrogens with zero attached hydrogens (tertiary/aromatic N) is 1. The first-order valence-electron chi connectivity index (χ1n) is 7.91. The fraction of sp³-hybridized carbons (Fsp3) is 0.933. The predicted octanol–water partition coefficient (Wildman–Crippen LogP) is 2.73. The molecule has 0 heterocycles. The summed E-state index contributed by atoms with van der Waals surface area (Å²) in [5.74, 6) is 0.201. The molecule has 128 valence electrons. The van der Waals surface area contributed by atoms with Gasteiger partial charge in [-0.1, -0.05) is 25.7 Å². The van der Waals surface area contributed by atoms with Crippen molar-refractivity contribution >= 4 is 30.7 Å². The first kappa shape index (κ1) is 23.2. The second kappa shape index (κ2) is 14.9. The van der Waals surface area contributed by atoms with Crippen LogP contribution in [0.5, 0.6) is 0 Å². The summed E-state index contributed by atoms with van der Waals surface area (Å²) < 4.78 is 0. The van der Waals surface area contributed by atoms with E-state index in [2.05, 4.69) is 17.3 Å². The summed E-state index contributed by atoms with van der Waals surface area (Å²) >= 11 is 0. The molecule has 21 heavy (non-hydrogen) atoms. The fourth-order valence-corrected chi connectivity index (χ4v) is 2.77. The van der Waals surface area contributed by atoms with Gasteiger partial charge >= 0.3 is 0 Å². The Morgan fingerprint density at radius 3 is 2.38 bits per heavy atom. The number of halogens is 2. The predicted molar refractivity (Wildman–Crippen MR) is 94.5 cm³/mol. The monoisotopic (exact) mass is 341 g/mol. The van der Waals surface area contributed by atoms with Crippen LogP contribution in [0.25, 0.3) is 0 Å². The summed E-state index contributed by atoms with van der Waals surface area (Å²) in [6.45, 7) is 2.53. The maximum absolute atomic E-state index is 11.6. The average molecular weight is 342 g/mol. The summed E-state index contributed by atoms with van der Waals surface area (Å²) in [5, 5.41) is 3.02. The van der Waals surface area contributed by atoms with Gasteiger partial charge in [-0.2, -0.15) is 0 Å². The Hall–Kier alpha value is -0.0300. The van der Waals surface area contributed by atoms with E-state index in [0.29, 0.717) is 6.42 Å². The van der Waals surface area contributed by atoms with E-state index in [1.165, 1.54) is 25.7 Å². The lowest BCUT2D eigenvalue weighted by atomic mass is 10.1. The van der Waals surface area contributed by atoms with Gasteiger partial charge < -0.3 is 16.0 Å². The molecular weight excluding hydrogens is 309 g/mol. The fourth-order valence-electron chi connectivity index (χ4n) is 2.77. The number of likely N-dealkylation sites (N-methyl/N-ethyl adjacent to an activating group) is 1. The average Bonchev–Trinajstić information content (AvgIpc) is 2.92. The van der Waals surface area contributed by atoms with Crippen LogP contribution in [0.4, 0.5) is 0 Å². The zero-order valence-corrected chi connectivity index (χ0v) is 14.9. The minimum atomic E-state index is 0. The number of carbonyl (C=O) groups is 1. The normalized spacial score (nSPS) is 14.6. The zero-order chi connectivity index (χ0) is 13.9. The number of rotatable bonds is 10. The lowest BCUT2D eigenvalue weighted by molar-refractivity contribution is -0.121. The van der Waals surface area contributed by atoms with Crippen molar-refractivity contribution in [3.8, 4) is 0 Å². The Kier molecular flexibility index (Phi) is 16.5. The van der Waals surface area contributed by atoms with Crippen molar-refractivity contribution in [2.75, 3.05) is 26.7 Å². The van der Waals surface area contributed by atoms with Gasteiger partial charge in [-0.3, -0.25) is 4.79 Å². The van der Waals surface area contributed by atoms with Crippen molar-refractivity contribution < 1.29 is 4.79 Å². The highest BCUT2D eigenvalue weighted by atomic mass is 35.5. The molecule has 6 heteroatoms. The molecule has 0 bridgehead atoms. The molecule has 0 aromatic rings. The molecular formula is C15H33Cl2N3O. The van der Waals surface area contributed by atoms with E-state index in [4.69, 9.17) is 5.73 Å². The number of nitrogens with one attached hydrogen (secondary N) is 1. The summed E-state index contributed by atoms with van der Waals surface area (Å²) in [6, 6.07) is 0.744. The molecule has 1 aliphatic carbocycles. The lowest BCUT2D eigenvalue weighted by Gasteiger charge is -2.23. The Labute approximate surface area is 142 Å². The van der Waals surface area contributed by atoms with Crippen molar-refractivity contribution in [3.63, 3.8) is 0 Å². The van der Waals surface area contributed by atoms with Gasteiger partial charge in [0, 0.05) is 25.6 Å². The molecule has 0 aliphatic heterocycles. The third-order valence-electron chi connectivity index (χ3n) is 4.09. The van der Waals surface area contributed by atoms with E-state index in [0.717, 1.165) is 51.4 Å². The first-order valence-corrected chi connectivity index (χ1v) is 7.91. The highest BCUT2D eigenvalue weighted by Gasteiger charge is 2.18. The van der Waals surface area contributed by atoms with Crippen LogP contribution in [0.2, 0.25) is 0 Å². The van der Waals surface area contributed by atoms with Gasteiger partial charge in [-0.25, -0.2) is 0 Å². The minimum Gasteiger partial charge on any atom is -0.355 e. The molecule has 1 aliphatic rings. The second-order valence-corrected chi connectivity index (χ2v) is 5.72. The van der Waals surface area contributed by atoms with Crippen LogP contribution in [-0.4, -0.2) is 43.5 Å². The number of nitrogens with two attached hydrogens (primary N) is 1. The van der Waals surface area contributed by atoms with Crippen LogP contribution in [0.1, 0.15) is 57.8 Å². The van der Waals surface area contributed by atoms with Crippen molar-refractivity contribution in [2.24, 2.45) is 5.73 Å². The molecule has 0 radical (unpaired) electrons. The Morgan fingerprint density at radius 1 is 1.14 bits per heavy atom. The van der Waals surface area contributed by atoms with E-state index >= 15 is 0 Å². The van der Waals surface area contributed by atoms with Gasteiger partial charge in [-0.05, 0) is 39.3 Å². The van der Waals surface area contributed by atoms with Gasteiger partial charge in [0.05, 0.1) is 0 Å². The molecule has 1 rings (SSSR count). The molecule has 0 aromatic carbocycles. The van der Waals surface area contributed by atoms with Crippen molar-refractivity contribution in [2.45, 2.75) is 63.8 Å². The van der Waals surface area contributed by atoms with Crippen LogP contribution in [-0.2, 0) is 4.79 Å². The third-order valence-corrected chi connectivity index (χ3v) is 4.09. The molecule has 0 atom stereocenters. The number of unbranched alkanes of at least 4 members (excludes halogenated alkanes) is 3. The molecule has 1 amide bonds. The van der Waals surface area contributed by atoms with Crippen LogP contribution >= 0.6 is 24.8 Å². The van der Waals surface area contributed by atoms with Crippen molar-refractivity contribution in [3.05, 3.63) is 0 Å². The zero-order valence-electron chi connectivity index (χ0n) is 13.3. The summed E-state index contributed by atoms with van der Waals surface area (Å²) in [7, 11) is 2.18. The van der Waals surface area contributed by atoms with E-state index in [-0.39, 0.29) is 30.7 Å². The minimum absolute atomic E-state index is 0. The molecule has 4 nitrogen and oxygen atoms in total. The molecule has 1 saturated carbocycles. The van der Waals surface area contributed by atoms with Gasteiger partial charge in [0.1, 0.15) is 0 Å². The van der Waals surface area contributed by atoms with E-state index in [9.17, 15) is 4.79 Å². The maximum atomic E-state index is 11.6. The van der Waals surface area contributed by atoms with Crippen molar-refractivity contribution in [1.29, 1.82) is 0 Å². The maximum Gasteiger partial charge on any atom is 0.220 e. The summed E-state index contributed by atoms with van der Waals surface area (Å²) in [4.78, 5) is 14.0. The van der Waals surface area contributed by atoms with Gasteiger partial charge in [0.25, 0.3) is 0 Å². The van der Waals surface area contributed by atoms with Crippen LogP contribution in [0.3, 0.4) is 0 Å². The summed E-state index contributed by atoms with van der Waals surface area (Å²) in [6.07, 6.45) is 10.4. The number of hydrogen-bond donors (Lipinski definition) is 2. The highest BCUT2D eigenvalue weighted by Crippen LogP contribution is 2.21.